The number of H-pyrrole nitrogens is 2. The van der Waals surface area contributed by atoms with Gasteiger partial charge in [0.25, 0.3) is 0 Å². The summed E-state index contributed by atoms with van der Waals surface area (Å²) in [7, 11) is 0. The van der Waals surface area contributed by atoms with Gasteiger partial charge in [-0.15, -0.1) is 0 Å². The maximum absolute atomic E-state index is 11.5. The van der Waals surface area contributed by atoms with Crippen LogP contribution in [0.2, 0.25) is 0 Å². The van der Waals surface area contributed by atoms with Gasteiger partial charge in [-0.1, -0.05) is 0 Å². The van der Waals surface area contributed by atoms with Gasteiger partial charge in [0.2, 0.25) is 17.8 Å². The lowest BCUT2D eigenvalue weighted by atomic mass is 10.2. The highest BCUT2D eigenvalue weighted by molar-refractivity contribution is 5.63. The minimum absolute atomic E-state index is 0.187. The van der Waals surface area contributed by atoms with E-state index in [1.54, 1.807) is 10.7 Å². The third kappa shape index (κ3) is 4.15. The van der Waals surface area contributed by atoms with Crippen LogP contribution in [-0.4, -0.2) is 67.0 Å². The number of aromatic amines is 2. The van der Waals surface area contributed by atoms with Crippen LogP contribution >= 0.6 is 0 Å². The molecule has 2 fully saturated rings. The maximum atomic E-state index is 11.5. The van der Waals surface area contributed by atoms with E-state index in [1.807, 2.05) is 12.1 Å². The Hall–Kier alpha value is -4.06. The van der Waals surface area contributed by atoms with Crippen molar-refractivity contribution in [2.24, 2.45) is 0 Å². The molecule has 4 heterocycles. The Morgan fingerprint density at radius 2 is 1.91 bits per heavy atom. The van der Waals surface area contributed by atoms with Gasteiger partial charge in [-0.2, -0.15) is 19.6 Å². The Morgan fingerprint density at radius 3 is 2.62 bits per heavy atom. The largest absolute Gasteiger partial charge is 0.493 e. The molecule has 176 valence electrons. The zero-order valence-corrected chi connectivity index (χ0v) is 18.4. The summed E-state index contributed by atoms with van der Waals surface area (Å²) in [6.45, 7) is 3.25. The lowest BCUT2D eigenvalue weighted by Crippen LogP contribution is -2.36. The summed E-state index contributed by atoms with van der Waals surface area (Å²) < 4.78 is 7.09. The molecule has 1 saturated heterocycles. The van der Waals surface area contributed by atoms with E-state index in [4.69, 9.17) is 9.72 Å². The van der Waals surface area contributed by atoms with E-state index in [1.165, 1.54) is 0 Å². The van der Waals surface area contributed by atoms with Gasteiger partial charge in [0, 0.05) is 42.5 Å². The summed E-state index contributed by atoms with van der Waals surface area (Å²) in [6.07, 6.45) is 4.11. The topological polar surface area (TPSA) is 148 Å². The molecule has 0 spiro atoms. The molecule has 1 saturated carbocycles. The standard InChI is InChI=1S/C22H25N9O3/c32-19-17(26-22(33)28-19)11-13-12-23-31-18(13)27-20(29-21(31)25-15-1-2-15)24-14-3-5-16(6-4-14)30-7-9-34-10-8-30/h3-6,12,15,32H,1-2,7-11H2,(H2,26,28,33)(H2,24,25,27,29). The van der Waals surface area contributed by atoms with Crippen molar-refractivity contribution < 1.29 is 9.84 Å². The molecule has 0 atom stereocenters. The average molecular weight is 464 g/mol. The van der Waals surface area contributed by atoms with Gasteiger partial charge in [-0.05, 0) is 37.1 Å². The number of nitrogens with zero attached hydrogens (tertiary/aromatic N) is 5. The highest BCUT2D eigenvalue weighted by atomic mass is 16.5. The van der Waals surface area contributed by atoms with Crippen molar-refractivity contribution in [2.45, 2.75) is 25.3 Å². The van der Waals surface area contributed by atoms with Crippen LogP contribution < -0.4 is 21.2 Å². The number of hydrogen-bond donors (Lipinski definition) is 5. The fourth-order valence-electron chi connectivity index (χ4n) is 4.04. The van der Waals surface area contributed by atoms with Crippen LogP contribution in [-0.2, 0) is 11.2 Å². The van der Waals surface area contributed by atoms with Crippen LogP contribution in [0.1, 0.15) is 24.1 Å². The fraction of sp³-hybridized carbons (Fsp3) is 0.364. The number of aromatic nitrogens is 6. The number of ether oxygens (including phenoxy) is 1. The molecule has 12 nitrogen and oxygen atoms in total. The number of anilines is 4. The average Bonchev–Trinajstić information content (AvgIpc) is 3.48. The molecule has 1 aliphatic carbocycles. The first-order chi connectivity index (χ1) is 16.6. The van der Waals surface area contributed by atoms with E-state index in [-0.39, 0.29) is 12.3 Å². The van der Waals surface area contributed by atoms with Crippen molar-refractivity contribution in [1.29, 1.82) is 0 Å². The van der Waals surface area contributed by atoms with Crippen molar-refractivity contribution >= 4 is 28.9 Å². The fourth-order valence-corrected chi connectivity index (χ4v) is 4.04. The Balaban J connectivity index is 1.30. The Labute approximate surface area is 194 Å². The van der Waals surface area contributed by atoms with E-state index in [9.17, 15) is 9.90 Å². The second kappa shape index (κ2) is 8.37. The van der Waals surface area contributed by atoms with Crippen LogP contribution in [0.3, 0.4) is 0 Å². The second-order valence-corrected chi connectivity index (χ2v) is 8.55. The number of hydrogen-bond acceptors (Lipinski definition) is 9. The summed E-state index contributed by atoms with van der Waals surface area (Å²) in [5.74, 6) is 0.842. The lowest BCUT2D eigenvalue weighted by Gasteiger charge is -2.28. The van der Waals surface area contributed by atoms with E-state index in [2.05, 4.69) is 47.7 Å². The van der Waals surface area contributed by atoms with E-state index in [0.29, 0.717) is 29.3 Å². The molecule has 0 unspecified atom stereocenters. The molecule has 6 rings (SSSR count). The third-order valence-electron chi connectivity index (χ3n) is 6.00. The van der Waals surface area contributed by atoms with E-state index < -0.39 is 5.69 Å². The maximum Gasteiger partial charge on any atom is 0.325 e. The van der Waals surface area contributed by atoms with Crippen molar-refractivity contribution in [3.8, 4) is 5.88 Å². The van der Waals surface area contributed by atoms with Crippen LogP contribution in [0.25, 0.3) is 5.65 Å². The summed E-state index contributed by atoms with van der Waals surface area (Å²) >= 11 is 0. The minimum atomic E-state index is -0.461. The smallest absolute Gasteiger partial charge is 0.325 e. The van der Waals surface area contributed by atoms with Crippen LogP contribution in [0.5, 0.6) is 5.88 Å². The Bertz CT molecular complexity index is 1360. The van der Waals surface area contributed by atoms with Gasteiger partial charge in [0.15, 0.2) is 5.65 Å². The predicted octanol–water partition coefficient (Wildman–Crippen LogP) is 1.59. The summed E-state index contributed by atoms with van der Waals surface area (Å²) in [6, 6.07) is 8.53. The van der Waals surface area contributed by atoms with Crippen LogP contribution in [0.4, 0.5) is 23.3 Å². The first kappa shape index (κ1) is 20.5. The number of benzene rings is 1. The quantitative estimate of drug-likeness (QED) is 0.275. The van der Waals surface area contributed by atoms with Gasteiger partial charge in [0.1, 0.15) is 0 Å². The summed E-state index contributed by atoms with van der Waals surface area (Å²) in [4.78, 5) is 28.1. The molecule has 0 radical (unpaired) electrons. The molecular weight excluding hydrogens is 438 g/mol. The number of fused-ring (bicyclic) bond motifs is 1. The highest BCUT2D eigenvalue weighted by Crippen LogP contribution is 2.27. The molecule has 12 heteroatoms. The van der Waals surface area contributed by atoms with Crippen LogP contribution in [0, 0.1) is 0 Å². The summed E-state index contributed by atoms with van der Waals surface area (Å²) in [5.41, 5.74) is 3.28. The third-order valence-corrected chi connectivity index (χ3v) is 6.00. The highest BCUT2D eigenvalue weighted by Gasteiger charge is 2.24. The second-order valence-electron chi connectivity index (χ2n) is 8.55. The zero-order valence-electron chi connectivity index (χ0n) is 18.4. The Morgan fingerprint density at radius 1 is 1.12 bits per heavy atom. The number of aromatic hydroxyl groups is 1. The minimum Gasteiger partial charge on any atom is -0.493 e. The Kier molecular flexibility index (Phi) is 5.06. The molecule has 4 aromatic rings. The first-order valence-electron chi connectivity index (χ1n) is 11.3. The molecule has 3 aromatic heterocycles. The number of nitrogens with one attached hydrogen (secondary N) is 4. The summed E-state index contributed by atoms with van der Waals surface area (Å²) in [5, 5.41) is 21.1. The van der Waals surface area contributed by atoms with E-state index >= 15 is 0 Å². The normalized spacial score (nSPS) is 16.2. The first-order valence-corrected chi connectivity index (χ1v) is 11.3. The van der Waals surface area contributed by atoms with Crippen molar-refractivity contribution in [1.82, 2.24) is 29.5 Å². The molecule has 2 aliphatic rings. The monoisotopic (exact) mass is 463 g/mol. The van der Waals surface area contributed by atoms with E-state index in [0.717, 1.165) is 56.1 Å². The number of morpholine rings is 1. The SMILES string of the molecule is O=c1[nH]c(O)c(Cc2cnn3c(NC4CC4)nc(Nc4ccc(N5CCOCC5)cc4)nc23)[nH]1. The molecule has 1 aliphatic heterocycles. The number of imidazole rings is 1. The van der Waals surface area contributed by atoms with Gasteiger partial charge in [-0.25, -0.2) is 4.79 Å². The molecule has 1 aromatic carbocycles. The molecule has 5 N–H and O–H groups in total. The van der Waals surface area contributed by atoms with Gasteiger partial charge < -0.3 is 30.4 Å². The lowest BCUT2D eigenvalue weighted by molar-refractivity contribution is 0.122. The van der Waals surface area contributed by atoms with Gasteiger partial charge in [0.05, 0.1) is 25.1 Å². The van der Waals surface area contributed by atoms with Crippen LogP contribution in [0.15, 0.2) is 35.3 Å². The zero-order chi connectivity index (χ0) is 23.1. The molecule has 0 amide bonds. The van der Waals surface area contributed by atoms with Crippen molar-refractivity contribution in [3.63, 3.8) is 0 Å². The number of rotatable bonds is 7. The molecule has 0 bridgehead atoms. The van der Waals surface area contributed by atoms with Gasteiger partial charge in [-0.3, -0.25) is 4.98 Å². The van der Waals surface area contributed by atoms with Crippen molar-refractivity contribution in [2.75, 3.05) is 41.8 Å². The molecule has 34 heavy (non-hydrogen) atoms. The van der Waals surface area contributed by atoms with Gasteiger partial charge >= 0.3 is 5.69 Å². The predicted molar refractivity (Wildman–Crippen MR) is 126 cm³/mol. The van der Waals surface area contributed by atoms with Crippen molar-refractivity contribution in [3.05, 3.63) is 52.2 Å². The molecular formula is C22H25N9O3.